The lowest BCUT2D eigenvalue weighted by Gasteiger charge is -2.35. The van der Waals surface area contributed by atoms with Crippen LogP contribution in [-0.2, 0) is 0 Å². The molecule has 1 unspecified atom stereocenters. The Kier molecular flexibility index (Phi) is 3.20. The molecule has 1 atom stereocenters. The van der Waals surface area contributed by atoms with Crippen molar-refractivity contribution < 1.29 is 0 Å². The number of rotatable bonds is 2. The smallest absolute Gasteiger partial charge is 0.0107 e. The molecule has 2 aliphatic carbocycles. The second kappa shape index (κ2) is 4.29. The highest BCUT2D eigenvalue weighted by Gasteiger charge is 2.25. The molecule has 0 spiro atoms. The summed E-state index contributed by atoms with van der Waals surface area (Å²) in [7, 11) is 0. The topological polar surface area (TPSA) is 12.0 Å². The van der Waals surface area contributed by atoms with Crippen molar-refractivity contribution in [3.05, 3.63) is 11.6 Å². The maximum Gasteiger partial charge on any atom is 0.0107 e. The van der Waals surface area contributed by atoms with E-state index in [1.54, 1.807) is 5.57 Å². The molecule has 0 aliphatic heterocycles. The van der Waals surface area contributed by atoms with Gasteiger partial charge in [0.15, 0.2) is 0 Å². The molecular weight excluding hydrogens is 182 g/mol. The van der Waals surface area contributed by atoms with Crippen LogP contribution in [0.1, 0.15) is 59.3 Å². The monoisotopic (exact) mass is 207 g/mol. The van der Waals surface area contributed by atoms with Crippen LogP contribution in [0.4, 0.5) is 0 Å². The predicted molar refractivity (Wildman–Crippen MR) is 66.0 cm³/mol. The highest BCUT2D eigenvalue weighted by atomic mass is 15.0. The summed E-state index contributed by atoms with van der Waals surface area (Å²) in [5.74, 6) is 0. The number of nitrogens with one attached hydrogen (secondary N) is 1. The molecule has 1 fully saturated rings. The zero-order valence-corrected chi connectivity index (χ0v) is 10.5. The zero-order valence-electron chi connectivity index (χ0n) is 10.5. The molecule has 0 amide bonds. The highest BCUT2D eigenvalue weighted by molar-refractivity contribution is 5.15. The fourth-order valence-corrected chi connectivity index (χ4v) is 2.57. The van der Waals surface area contributed by atoms with Crippen LogP contribution >= 0.6 is 0 Å². The summed E-state index contributed by atoms with van der Waals surface area (Å²) in [6.07, 6.45) is 10.6. The van der Waals surface area contributed by atoms with Crippen molar-refractivity contribution in [1.82, 2.24) is 5.32 Å². The molecule has 0 aromatic rings. The summed E-state index contributed by atoms with van der Waals surface area (Å²) in [6, 6.07) is 1.61. The molecule has 0 aromatic carbocycles. The molecule has 2 rings (SSSR count). The van der Waals surface area contributed by atoms with E-state index in [-0.39, 0.29) is 0 Å². The van der Waals surface area contributed by atoms with Crippen LogP contribution in [0, 0.1) is 5.41 Å². The lowest BCUT2D eigenvalue weighted by atomic mass is 9.79. The Bertz CT molecular complexity index is 243. The second-order valence-corrected chi connectivity index (χ2v) is 6.25. The molecule has 0 radical (unpaired) electrons. The molecule has 0 saturated heterocycles. The van der Waals surface area contributed by atoms with Crippen molar-refractivity contribution in [2.75, 3.05) is 0 Å². The molecule has 86 valence electrons. The first-order valence-electron chi connectivity index (χ1n) is 6.51. The Morgan fingerprint density at radius 1 is 1.13 bits per heavy atom. The minimum Gasteiger partial charge on any atom is -0.311 e. The van der Waals surface area contributed by atoms with Crippen molar-refractivity contribution in [3.8, 4) is 0 Å². The summed E-state index contributed by atoms with van der Waals surface area (Å²) < 4.78 is 0. The van der Waals surface area contributed by atoms with E-state index in [9.17, 15) is 0 Å². The number of hydrogen-bond donors (Lipinski definition) is 1. The van der Waals surface area contributed by atoms with Gasteiger partial charge < -0.3 is 5.32 Å². The molecular formula is C14H25N. The molecule has 1 saturated carbocycles. The summed E-state index contributed by atoms with van der Waals surface area (Å²) >= 11 is 0. The fraction of sp³-hybridized carbons (Fsp3) is 0.857. The van der Waals surface area contributed by atoms with Crippen LogP contribution < -0.4 is 5.32 Å². The van der Waals surface area contributed by atoms with Crippen molar-refractivity contribution in [3.63, 3.8) is 0 Å². The summed E-state index contributed by atoms with van der Waals surface area (Å²) in [5, 5.41) is 3.78. The van der Waals surface area contributed by atoms with Gasteiger partial charge in [0.25, 0.3) is 0 Å². The zero-order chi connectivity index (χ0) is 10.9. The van der Waals surface area contributed by atoms with E-state index in [1.165, 1.54) is 38.5 Å². The maximum absolute atomic E-state index is 3.78. The minimum absolute atomic E-state index is 0.390. The lowest BCUT2D eigenvalue weighted by Crippen LogP contribution is -2.43. The van der Waals surface area contributed by atoms with Gasteiger partial charge in [0.2, 0.25) is 0 Å². The van der Waals surface area contributed by atoms with Gasteiger partial charge in [-0.15, -0.1) is 0 Å². The van der Waals surface area contributed by atoms with Gasteiger partial charge in [-0.2, -0.15) is 0 Å². The molecule has 0 aromatic heterocycles. The predicted octanol–water partition coefficient (Wildman–Crippen LogP) is 3.65. The van der Waals surface area contributed by atoms with E-state index < -0.39 is 0 Å². The Morgan fingerprint density at radius 2 is 1.87 bits per heavy atom. The van der Waals surface area contributed by atoms with Crippen molar-refractivity contribution in [1.29, 1.82) is 0 Å². The molecule has 0 bridgehead atoms. The first-order chi connectivity index (χ1) is 7.05. The maximum atomic E-state index is 3.78. The average molecular weight is 207 g/mol. The van der Waals surface area contributed by atoms with Crippen LogP contribution in [0.25, 0.3) is 0 Å². The first kappa shape index (κ1) is 11.2. The van der Waals surface area contributed by atoms with Crippen LogP contribution in [0.5, 0.6) is 0 Å². The van der Waals surface area contributed by atoms with Gasteiger partial charge in [-0.05, 0) is 37.5 Å². The number of hydrogen-bond acceptors (Lipinski definition) is 1. The van der Waals surface area contributed by atoms with Gasteiger partial charge >= 0.3 is 0 Å². The average Bonchev–Trinajstić information content (AvgIpc) is 2.11. The van der Waals surface area contributed by atoms with Gasteiger partial charge in [0, 0.05) is 12.1 Å². The second-order valence-electron chi connectivity index (χ2n) is 6.25. The van der Waals surface area contributed by atoms with E-state index in [0.717, 1.165) is 12.1 Å². The van der Waals surface area contributed by atoms with Gasteiger partial charge in [0.1, 0.15) is 0 Å². The van der Waals surface area contributed by atoms with Crippen LogP contribution in [-0.4, -0.2) is 12.1 Å². The van der Waals surface area contributed by atoms with Crippen molar-refractivity contribution in [2.45, 2.75) is 71.4 Å². The summed E-state index contributed by atoms with van der Waals surface area (Å²) in [4.78, 5) is 0. The lowest BCUT2D eigenvalue weighted by molar-refractivity contribution is 0.287. The third kappa shape index (κ3) is 2.84. The Labute approximate surface area is 94.3 Å². The van der Waals surface area contributed by atoms with Crippen LogP contribution in [0.2, 0.25) is 0 Å². The Balaban J connectivity index is 1.82. The van der Waals surface area contributed by atoms with E-state index in [0.29, 0.717) is 5.41 Å². The van der Waals surface area contributed by atoms with E-state index >= 15 is 0 Å². The number of allylic oxidation sites excluding steroid dienone is 1. The van der Waals surface area contributed by atoms with E-state index in [4.69, 9.17) is 0 Å². The minimum atomic E-state index is 0.390. The fourth-order valence-electron chi connectivity index (χ4n) is 2.57. The van der Waals surface area contributed by atoms with Crippen molar-refractivity contribution in [2.24, 2.45) is 5.41 Å². The highest BCUT2D eigenvalue weighted by Crippen LogP contribution is 2.33. The molecule has 1 heteroatoms. The van der Waals surface area contributed by atoms with Gasteiger partial charge in [-0.25, -0.2) is 0 Å². The van der Waals surface area contributed by atoms with E-state index in [1.807, 2.05) is 0 Å². The van der Waals surface area contributed by atoms with Crippen LogP contribution in [0.3, 0.4) is 0 Å². The van der Waals surface area contributed by atoms with E-state index in [2.05, 4.69) is 32.2 Å². The Morgan fingerprint density at radius 3 is 2.27 bits per heavy atom. The standard InChI is InChI=1S/C14H25N/c1-14(2,3)11-7-9-13(10-8-11)15-12-5-4-6-12/h7,12-13,15H,4-6,8-10H2,1-3H3. The molecule has 2 aliphatic rings. The normalized spacial score (nSPS) is 28.5. The molecule has 1 nitrogen and oxygen atoms in total. The molecule has 1 N–H and O–H groups in total. The summed E-state index contributed by atoms with van der Waals surface area (Å²) in [5.41, 5.74) is 2.05. The van der Waals surface area contributed by atoms with Crippen molar-refractivity contribution >= 4 is 0 Å². The van der Waals surface area contributed by atoms with Gasteiger partial charge in [0.05, 0.1) is 0 Å². The SMILES string of the molecule is CC(C)(C)C1=CCC(NC2CCC2)CC1. The molecule has 0 heterocycles. The summed E-state index contributed by atoms with van der Waals surface area (Å²) in [6.45, 7) is 7.00. The van der Waals surface area contributed by atoms with Crippen LogP contribution in [0.15, 0.2) is 11.6 Å². The Hall–Kier alpha value is -0.300. The quantitative estimate of drug-likeness (QED) is 0.681. The first-order valence-corrected chi connectivity index (χ1v) is 6.51. The third-order valence-corrected chi connectivity index (χ3v) is 3.95. The van der Waals surface area contributed by atoms with Gasteiger partial charge in [-0.3, -0.25) is 0 Å². The largest absolute Gasteiger partial charge is 0.311 e. The third-order valence-electron chi connectivity index (χ3n) is 3.95. The van der Waals surface area contributed by atoms with Gasteiger partial charge in [-0.1, -0.05) is 38.8 Å². The molecule has 15 heavy (non-hydrogen) atoms.